The molecule has 0 bridgehead atoms. The van der Waals surface area contributed by atoms with Crippen LogP contribution in [0.2, 0.25) is 0 Å². The van der Waals surface area contributed by atoms with E-state index in [4.69, 9.17) is 0 Å². The molecule has 1 heterocycles. The molecule has 1 aromatic carbocycles. The Balaban J connectivity index is 1.95. The van der Waals surface area contributed by atoms with E-state index in [-0.39, 0.29) is 0 Å². The van der Waals surface area contributed by atoms with Gasteiger partial charge in [0.15, 0.2) is 0 Å². The van der Waals surface area contributed by atoms with Crippen LogP contribution in [0.1, 0.15) is 25.3 Å². The Morgan fingerprint density at radius 1 is 1.33 bits per heavy atom. The molecule has 1 aromatic rings. The quantitative estimate of drug-likeness (QED) is 0.811. The second kappa shape index (κ2) is 5.13. The van der Waals surface area contributed by atoms with Gasteiger partial charge >= 0.3 is 0 Å². The van der Waals surface area contributed by atoms with Crippen molar-refractivity contribution >= 4 is 15.9 Å². The van der Waals surface area contributed by atoms with Crippen LogP contribution < -0.4 is 0 Å². The molecular weight excluding hydrogens is 250 g/mol. The molecule has 0 N–H and O–H groups in total. The molecule has 1 atom stereocenters. The molecule has 0 amide bonds. The number of benzene rings is 1. The highest BCUT2D eigenvalue weighted by Crippen LogP contribution is 2.17. The predicted molar refractivity (Wildman–Crippen MR) is 68.1 cm³/mol. The Labute approximate surface area is 101 Å². The maximum Gasteiger partial charge on any atom is 0.0178 e. The average molecular weight is 268 g/mol. The van der Waals surface area contributed by atoms with Crippen molar-refractivity contribution in [1.29, 1.82) is 0 Å². The maximum atomic E-state index is 3.52. The van der Waals surface area contributed by atoms with Crippen molar-refractivity contribution in [2.75, 3.05) is 13.1 Å². The fraction of sp³-hybridized carbons (Fsp3) is 0.538. The summed E-state index contributed by atoms with van der Waals surface area (Å²) in [7, 11) is 0. The van der Waals surface area contributed by atoms with Gasteiger partial charge in [0, 0.05) is 10.5 Å². The van der Waals surface area contributed by atoms with Gasteiger partial charge in [-0.2, -0.15) is 0 Å². The topological polar surface area (TPSA) is 3.24 Å². The van der Waals surface area contributed by atoms with E-state index >= 15 is 0 Å². The number of rotatable bonds is 3. The summed E-state index contributed by atoms with van der Waals surface area (Å²) >= 11 is 3.52. The lowest BCUT2D eigenvalue weighted by Gasteiger charge is -2.23. The van der Waals surface area contributed by atoms with Crippen molar-refractivity contribution in [2.24, 2.45) is 0 Å². The first-order valence-corrected chi connectivity index (χ1v) is 6.53. The van der Waals surface area contributed by atoms with Gasteiger partial charge in [-0.25, -0.2) is 0 Å². The Morgan fingerprint density at radius 3 is 2.73 bits per heavy atom. The van der Waals surface area contributed by atoms with E-state index in [1.807, 2.05) is 0 Å². The Kier molecular flexibility index (Phi) is 3.81. The van der Waals surface area contributed by atoms with Crippen LogP contribution in [0.25, 0.3) is 0 Å². The van der Waals surface area contributed by atoms with Gasteiger partial charge in [0.1, 0.15) is 0 Å². The monoisotopic (exact) mass is 267 g/mol. The molecule has 2 heteroatoms. The normalized spacial score (nSPS) is 19.3. The lowest BCUT2D eigenvalue weighted by atomic mass is 10.1. The van der Waals surface area contributed by atoms with Gasteiger partial charge in [0.2, 0.25) is 0 Å². The second-order valence-electron chi connectivity index (χ2n) is 4.43. The van der Waals surface area contributed by atoms with Crippen LogP contribution in [0, 0.1) is 0 Å². The lowest BCUT2D eigenvalue weighted by molar-refractivity contribution is 0.257. The Bertz CT molecular complexity index is 318. The molecule has 0 radical (unpaired) electrons. The van der Waals surface area contributed by atoms with E-state index < -0.39 is 0 Å². The molecule has 1 unspecified atom stereocenters. The fourth-order valence-corrected chi connectivity index (χ4v) is 2.76. The van der Waals surface area contributed by atoms with E-state index in [0.717, 1.165) is 0 Å². The highest BCUT2D eigenvalue weighted by Gasteiger charge is 2.17. The number of hydrogen-bond acceptors (Lipinski definition) is 1. The molecule has 82 valence electrons. The average Bonchev–Trinajstić information content (AvgIpc) is 2.70. The van der Waals surface area contributed by atoms with E-state index in [0.29, 0.717) is 6.04 Å². The summed E-state index contributed by atoms with van der Waals surface area (Å²) < 4.78 is 1.19. The van der Waals surface area contributed by atoms with E-state index in [1.54, 1.807) is 0 Å². The summed E-state index contributed by atoms with van der Waals surface area (Å²) in [4.78, 5) is 2.60. The van der Waals surface area contributed by atoms with Crippen molar-refractivity contribution in [2.45, 2.75) is 32.2 Å². The van der Waals surface area contributed by atoms with Gasteiger partial charge in [-0.1, -0.05) is 28.1 Å². The van der Waals surface area contributed by atoms with Crippen LogP contribution in [-0.2, 0) is 6.42 Å². The van der Waals surface area contributed by atoms with Gasteiger partial charge in [0.25, 0.3) is 0 Å². The van der Waals surface area contributed by atoms with Gasteiger partial charge in [-0.05, 0) is 57.0 Å². The minimum absolute atomic E-state index is 0.682. The van der Waals surface area contributed by atoms with Crippen LogP contribution in [0.3, 0.4) is 0 Å². The minimum Gasteiger partial charge on any atom is -0.300 e. The maximum absolute atomic E-state index is 3.52. The molecule has 0 aromatic heterocycles. The zero-order valence-corrected chi connectivity index (χ0v) is 10.8. The van der Waals surface area contributed by atoms with Gasteiger partial charge in [-0.3, -0.25) is 0 Å². The molecule has 1 nitrogen and oxygen atoms in total. The van der Waals surface area contributed by atoms with Gasteiger partial charge < -0.3 is 4.90 Å². The van der Waals surface area contributed by atoms with E-state index in [1.165, 1.54) is 42.4 Å². The third-order valence-corrected chi connectivity index (χ3v) is 3.68. The first kappa shape index (κ1) is 11.2. The minimum atomic E-state index is 0.682. The van der Waals surface area contributed by atoms with Gasteiger partial charge in [0.05, 0.1) is 0 Å². The molecule has 15 heavy (non-hydrogen) atoms. The molecule has 1 aliphatic rings. The predicted octanol–water partition coefficient (Wildman–Crippen LogP) is 3.48. The zero-order valence-electron chi connectivity index (χ0n) is 9.25. The van der Waals surface area contributed by atoms with Crippen LogP contribution in [0.4, 0.5) is 0 Å². The first-order chi connectivity index (χ1) is 7.25. The summed E-state index contributed by atoms with van der Waals surface area (Å²) in [5, 5.41) is 0. The van der Waals surface area contributed by atoms with E-state index in [9.17, 15) is 0 Å². The van der Waals surface area contributed by atoms with Crippen LogP contribution in [0.15, 0.2) is 28.7 Å². The third-order valence-electron chi connectivity index (χ3n) is 3.18. The molecule has 1 fully saturated rings. The standard InChI is InChI=1S/C13H18BrN/c1-11(15-7-2-3-8-15)9-12-5-4-6-13(14)10-12/h4-6,10-11H,2-3,7-9H2,1H3. The molecule has 1 saturated heterocycles. The number of halogens is 1. The molecule has 2 rings (SSSR count). The number of nitrogens with zero attached hydrogens (tertiary/aromatic N) is 1. The highest BCUT2D eigenvalue weighted by atomic mass is 79.9. The van der Waals surface area contributed by atoms with Crippen molar-refractivity contribution < 1.29 is 0 Å². The smallest absolute Gasteiger partial charge is 0.0178 e. The summed E-state index contributed by atoms with van der Waals surface area (Å²) in [5.41, 5.74) is 1.43. The second-order valence-corrected chi connectivity index (χ2v) is 5.34. The van der Waals surface area contributed by atoms with Crippen LogP contribution >= 0.6 is 15.9 Å². The number of hydrogen-bond donors (Lipinski definition) is 0. The Morgan fingerprint density at radius 2 is 2.07 bits per heavy atom. The van der Waals surface area contributed by atoms with Crippen molar-refractivity contribution in [1.82, 2.24) is 4.90 Å². The largest absolute Gasteiger partial charge is 0.300 e. The molecular formula is C13H18BrN. The molecule has 0 spiro atoms. The molecule has 0 saturated carbocycles. The molecule has 0 aliphatic carbocycles. The zero-order chi connectivity index (χ0) is 10.7. The lowest BCUT2D eigenvalue weighted by Crippen LogP contribution is -2.31. The summed E-state index contributed by atoms with van der Waals surface area (Å²) in [6.45, 7) is 4.91. The first-order valence-electron chi connectivity index (χ1n) is 5.74. The third kappa shape index (κ3) is 3.05. The summed E-state index contributed by atoms with van der Waals surface area (Å²) in [5.74, 6) is 0. The van der Waals surface area contributed by atoms with Gasteiger partial charge in [-0.15, -0.1) is 0 Å². The van der Waals surface area contributed by atoms with Crippen molar-refractivity contribution in [3.05, 3.63) is 34.3 Å². The summed E-state index contributed by atoms with van der Waals surface area (Å²) in [6.07, 6.45) is 3.92. The SMILES string of the molecule is CC(Cc1cccc(Br)c1)N1CCCC1. The Hall–Kier alpha value is -0.340. The number of likely N-dealkylation sites (tertiary alicyclic amines) is 1. The van der Waals surface area contributed by atoms with Crippen molar-refractivity contribution in [3.63, 3.8) is 0 Å². The van der Waals surface area contributed by atoms with Crippen LogP contribution in [-0.4, -0.2) is 24.0 Å². The summed E-state index contributed by atoms with van der Waals surface area (Å²) in [6, 6.07) is 9.34. The van der Waals surface area contributed by atoms with Crippen LogP contribution in [0.5, 0.6) is 0 Å². The van der Waals surface area contributed by atoms with Crippen molar-refractivity contribution in [3.8, 4) is 0 Å². The van der Waals surface area contributed by atoms with E-state index in [2.05, 4.69) is 52.0 Å². The highest BCUT2D eigenvalue weighted by molar-refractivity contribution is 9.10. The molecule has 1 aliphatic heterocycles. The fourth-order valence-electron chi connectivity index (χ4n) is 2.32.